The lowest BCUT2D eigenvalue weighted by Gasteiger charge is -2.13. The molecule has 2 aromatic carbocycles. The van der Waals surface area contributed by atoms with E-state index in [1.165, 1.54) is 4.90 Å². The Morgan fingerprint density at radius 3 is 2.07 bits per heavy atom. The first-order valence-corrected chi connectivity index (χ1v) is 8.94. The third-order valence-corrected chi connectivity index (χ3v) is 3.87. The summed E-state index contributed by atoms with van der Waals surface area (Å²) in [7, 11) is 3.42. The molecule has 0 aliphatic heterocycles. The second-order valence-corrected chi connectivity index (χ2v) is 6.11. The first-order chi connectivity index (χ1) is 13.0. The predicted molar refractivity (Wildman–Crippen MR) is 104 cm³/mol. The fraction of sp³-hybridized carbons (Fsp3) is 0.333. The number of hydrogen-bond donors (Lipinski definition) is 1. The van der Waals surface area contributed by atoms with Crippen molar-refractivity contribution in [2.24, 2.45) is 0 Å². The Labute approximate surface area is 160 Å². The Morgan fingerprint density at radius 1 is 0.889 bits per heavy atom. The Bertz CT molecular complexity index is 785. The first kappa shape index (κ1) is 20.3. The van der Waals surface area contributed by atoms with Crippen molar-refractivity contribution in [1.82, 2.24) is 10.2 Å². The summed E-state index contributed by atoms with van der Waals surface area (Å²) < 4.78 is 11.1. The molecule has 0 radical (unpaired) electrons. The van der Waals surface area contributed by atoms with Crippen LogP contribution < -0.4 is 14.8 Å². The molecule has 2 amide bonds. The Morgan fingerprint density at radius 2 is 1.48 bits per heavy atom. The number of hydrogen-bond acceptors (Lipinski definition) is 4. The van der Waals surface area contributed by atoms with Gasteiger partial charge in [-0.15, -0.1) is 0 Å². The molecule has 0 bridgehead atoms. The molecule has 1 N–H and O–H groups in total. The van der Waals surface area contributed by atoms with Gasteiger partial charge in [0, 0.05) is 31.8 Å². The Kier molecular flexibility index (Phi) is 7.23. The summed E-state index contributed by atoms with van der Waals surface area (Å²) in [6, 6.07) is 12.3. The van der Waals surface area contributed by atoms with Gasteiger partial charge in [-0.25, -0.2) is 0 Å². The van der Waals surface area contributed by atoms with Crippen molar-refractivity contribution in [3.63, 3.8) is 0 Å². The van der Waals surface area contributed by atoms with Crippen LogP contribution in [0.2, 0.25) is 0 Å². The van der Waals surface area contributed by atoms with Crippen LogP contribution >= 0.6 is 0 Å². The van der Waals surface area contributed by atoms with Crippen LogP contribution in [0.5, 0.6) is 11.5 Å². The zero-order valence-electron chi connectivity index (χ0n) is 16.2. The summed E-state index contributed by atoms with van der Waals surface area (Å²) in [5, 5.41) is 2.88. The molecule has 27 heavy (non-hydrogen) atoms. The van der Waals surface area contributed by atoms with Gasteiger partial charge in [0.2, 0.25) is 0 Å². The maximum Gasteiger partial charge on any atom is 0.253 e. The third-order valence-electron chi connectivity index (χ3n) is 3.87. The number of amides is 2. The molecule has 0 aliphatic carbocycles. The number of benzene rings is 2. The number of rotatable bonds is 8. The topological polar surface area (TPSA) is 67.9 Å². The van der Waals surface area contributed by atoms with Crippen LogP contribution in [0.25, 0.3) is 0 Å². The minimum Gasteiger partial charge on any atom is -0.490 e. The van der Waals surface area contributed by atoms with E-state index in [4.69, 9.17) is 9.47 Å². The summed E-state index contributed by atoms with van der Waals surface area (Å²) in [6.07, 6.45) is 0. The van der Waals surface area contributed by atoms with E-state index in [-0.39, 0.29) is 11.8 Å². The monoisotopic (exact) mass is 370 g/mol. The SMILES string of the molecule is CCOc1ccc(C(=O)NCc2ccc(C(=O)N(C)C)cc2)cc1OCC. The van der Waals surface area contributed by atoms with Crippen LogP contribution in [0.15, 0.2) is 42.5 Å². The van der Waals surface area contributed by atoms with Gasteiger partial charge in [0.05, 0.1) is 13.2 Å². The van der Waals surface area contributed by atoms with Crippen LogP contribution in [0, 0.1) is 0 Å². The molecule has 2 aromatic rings. The first-order valence-electron chi connectivity index (χ1n) is 8.94. The van der Waals surface area contributed by atoms with E-state index >= 15 is 0 Å². The third kappa shape index (κ3) is 5.48. The van der Waals surface area contributed by atoms with Gasteiger partial charge >= 0.3 is 0 Å². The highest BCUT2D eigenvalue weighted by Crippen LogP contribution is 2.28. The average molecular weight is 370 g/mol. The molecule has 0 heterocycles. The molecule has 0 fully saturated rings. The largest absolute Gasteiger partial charge is 0.490 e. The molecule has 0 spiro atoms. The minimum absolute atomic E-state index is 0.0524. The van der Waals surface area contributed by atoms with Gasteiger partial charge in [-0.2, -0.15) is 0 Å². The molecule has 144 valence electrons. The molecule has 0 aromatic heterocycles. The van der Waals surface area contributed by atoms with Gasteiger partial charge in [0.1, 0.15) is 0 Å². The lowest BCUT2D eigenvalue weighted by atomic mass is 10.1. The lowest BCUT2D eigenvalue weighted by molar-refractivity contribution is 0.0827. The zero-order valence-corrected chi connectivity index (χ0v) is 16.2. The number of carbonyl (C=O) groups excluding carboxylic acids is 2. The van der Waals surface area contributed by atoms with E-state index in [1.54, 1.807) is 44.4 Å². The molecule has 0 unspecified atom stereocenters. The van der Waals surface area contributed by atoms with Crippen molar-refractivity contribution in [3.8, 4) is 11.5 Å². The molecule has 0 saturated heterocycles. The van der Waals surface area contributed by atoms with E-state index < -0.39 is 0 Å². The normalized spacial score (nSPS) is 10.2. The minimum atomic E-state index is -0.201. The van der Waals surface area contributed by atoms with Crippen LogP contribution in [0.1, 0.15) is 40.1 Å². The van der Waals surface area contributed by atoms with E-state index in [1.807, 2.05) is 26.0 Å². The van der Waals surface area contributed by atoms with E-state index in [0.717, 1.165) is 5.56 Å². The van der Waals surface area contributed by atoms with Gasteiger partial charge < -0.3 is 19.7 Å². The summed E-state index contributed by atoms with van der Waals surface area (Å²) in [5.41, 5.74) is 2.03. The van der Waals surface area contributed by atoms with Gasteiger partial charge in [-0.3, -0.25) is 9.59 Å². The molecule has 6 nitrogen and oxygen atoms in total. The van der Waals surface area contributed by atoms with Crippen LogP contribution in [0.3, 0.4) is 0 Å². The van der Waals surface area contributed by atoms with Crippen molar-refractivity contribution in [2.45, 2.75) is 20.4 Å². The second kappa shape index (κ2) is 9.62. The highest BCUT2D eigenvalue weighted by atomic mass is 16.5. The summed E-state index contributed by atoms with van der Waals surface area (Å²) in [5.74, 6) is 0.923. The summed E-state index contributed by atoms with van der Waals surface area (Å²) in [6.45, 7) is 5.16. The molecule has 0 saturated carbocycles. The smallest absolute Gasteiger partial charge is 0.253 e. The molecule has 6 heteroatoms. The number of carbonyl (C=O) groups is 2. The maximum atomic E-state index is 12.4. The number of nitrogens with one attached hydrogen (secondary N) is 1. The average Bonchev–Trinajstić information content (AvgIpc) is 2.67. The Balaban J connectivity index is 2.03. The van der Waals surface area contributed by atoms with Gasteiger partial charge in [0.15, 0.2) is 11.5 Å². The number of ether oxygens (including phenoxy) is 2. The van der Waals surface area contributed by atoms with Gasteiger partial charge in [-0.05, 0) is 49.7 Å². The predicted octanol–water partition coefficient (Wildman–Crippen LogP) is 3.12. The van der Waals surface area contributed by atoms with Crippen molar-refractivity contribution < 1.29 is 19.1 Å². The van der Waals surface area contributed by atoms with Gasteiger partial charge in [-0.1, -0.05) is 12.1 Å². The van der Waals surface area contributed by atoms with Crippen molar-refractivity contribution in [3.05, 3.63) is 59.2 Å². The molecule has 0 aliphatic rings. The summed E-state index contributed by atoms with van der Waals surface area (Å²) in [4.78, 5) is 25.9. The highest BCUT2D eigenvalue weighted by molar-refractivity contribution is 5.95. The van der Waals surface area contributed by atoms with E-state index in [9.17, 15) is 9.59 Å². The van der Waals surface area contributed by atoms with Crippen LogP contribution in [-0.2, 0) is 6.54 Å². The molecular weight excluding hydrogens is 344 g/mol. The Hall–Kier alpha value is -3.02. The quantitative estimate of drug-likeness (QED) is 0.775. The van der Waals surface area contributed by atoms with Crippen molar-refractivity contribution in [2.75, 3.05) is 27.3 Å². The maximum absolute atomic E-state index is 12.4. The van der Waals surface area contributed by atoms with Gasteiger partial charge in [0.25, 0.3) is 11.8 Å². The van der Waals surface area contributed by atoms with Crippen molar-refractivity contribution in [1.29, 1.82) is 0 Å². The molecular formula is C21H26N2O4. The zero-order chi connectivity index (χ0) is 19.8. The second-order valence-electron chi connectivity index (χ2n) is 6.11. The van der Waals surface area contributed by atoms with Crippen LogP contribution in [-0.4, -0.2) is 44.0 Å². The van der Waals surface area contributed by atoms with Crippen LogP contribution in [0.4, 0.5) is 0 Å². The van der Waals surface area contributed by atoms with E-state index in [2.05, 4.69) is 5.32 Å². The van der Waals surface area contributed by atoms with E-state index in [0.29, 0.717) is 42.4 Å². The number of nitrogens with zero attached hydrogens (tertiary/aromatic N) is 1. The fourth-order valence-electron chi connectivity index (χ4n) is 2.50. The summed E-state index contributed by atoms with van der Waals surface area (Å²) >= 11 is 0. The lowest BCUT2D eigenvalue weighted by Crippen LogP contribution is -2.23. The fourth-order valence-corrected chi connectivity index (χ4v) is 2.50. The standard InChI is InChI=1S/C21H26N2O4/c1-5-26-18-12-11-17(13-19(18)27-6-2)20(24)22-14-15-7-9-16(10-8-15)21(25)23(3)4/h7-13H,5-6,14H2,1-4H3,(H,22,24). The molecule has 0 atom stereocenters. The molecule has 2 rings (SSSR count). The highest BCUT2D eigenvalue weighted by Gasteiger charge is 2.12. The van der Waals surface area contributed by atoms with Crippen molar-refractivity contribution >= 4 is 11.8 Å².